The lowest BCUT2D eigenvalue weighted by atomic mass is 9.71. The van der Waals surface area contributed by atoms with Gasteiger partial charge in [0.05, 0.1) is 0 Å². The lowest BCUT2D eigenvalue weighted by Crippen LogP contribution is -2.81. The maximum Gasteiger partial charge on any atom is 0.434 e. The van der Waals surface area contributed by atoms with Crippen molar-refractivity contribution in [1.82, 2.24) is 0 Å². The van der Waals surface area contributed by atoms with Crippen LogP contribution in [0.3, 0.4) is 0 Å². The van der Waals surface area contributed by atoms with Crippen LogP contribution >= 0.6 is 23.2 Å². The molecule has 0 heterocycles. The van der Waals surface area contributed by atoms with Gasteiger partial charge in [0.15, 0.2) is 0 Å². The van der Waals surface area contributed by atoms with Gasteiger partial charge in [0.25, 0.3) is 19.0 Å². The molecule has 0 aliphatic carbocycles. The summed E-state index contributed by atoms with van der Waals surface area (Å²) in [6, 6.07) is 0. The average Bonchev–Trinajstić information content (AvgIpc) is 2.78. The van der Waals surface area contributed by atoms with Crippen molar-refractivity contribution in [3.8, 4) is 0 Å². The quantitative estimate of drug-likeness (QED) is 0.188. The highest BCUT2D eigenvalue weighted by molar-refractivity contribution is 6.39. The van der Waals surface area contributed by atoms with E-state index in [4.69, 9.17) is 0 Å². The summed E-state index contributed by atoms with van der Waals surface area (Å²) in [5.74, 6) is -34.6. The zero-order valence-electron chi connectivity index (χ0n) is 17.6. The number of halogens is 26. The second-order valence-electron chi connectivity index (χ2n) is 7.47. The Bertz CT molecular complexity index is 963. The summed E-state index contributed by atoms with van der Waals surface area (Å²) < 4.78 is 323. The van der Waals surface area contributed by atoms with Crippen molar-refractivity contribution in [2.24, 2.45) is 0 Å². The van der Waals surface area contributed by atoms with Crippen LogP contribution in [-0.4, -0.2) is 78.2 Å². The van der Waals surface area contributed by atoms with Crippen LogP contribution in [0, 0.1) is 0 Å². The Balaban J connectivity index is 7.99. The van der Waals surface area contributed by atoms with Gasteiger partial charge >= 0.3 is 53.0 Å². The third kappa shape index (κ3) is 5.33. The van der Waals surface area contributed by atoms with Crippen LogP contribution in [0.25, 0.3) is 0 Å². The smallest absolute Gasteiger partial charge is 0.234 e. The monoisotopic (exact) mass is 710 g/mol. The summed E-state index contributed by atoms with van der Waals surface area (Å²) in [5, 5.41) is -7.90. The molecule has 0 aromatic heterocycles. The van der Waals surface area contributed by atoms with Crippen LogP contribution in [0.5, 0.6) is 0 Å². The molecule has 246 valence electrons. The second-order valence-corrected chi connectivity index (χ2v) is 8.18. The molecular weight excluding hydrogens is 707 g/mol. The van der Waals surface area contributed by atoms with Gasteiger partial charge < -0.3 is 0 Å². The molecule has 5 unspecified atom stereocenters. The average molecular weight is 711 g/mol. The highest BCUT2D eigenvalue weighted by atomic mass is 35.5. The van der Waals surface area contributed by atoms with Crippen LogP contribution in [0.1, 0.15) is 0 Å². The molecule has 0 rings (SSSR count). The van der Waals surface area contributed by atoms with Gasteiger partial charge in [-0.1, -0.05) is 11.6 Å². The summed E-state index contributed by atoms with van der Waals surface area (Å²) in [4.78, 5) is 0. The topological polar surface area (TPSA) is 0 Å². The van der Waals surface area contributed by atoms with Crippen molar-refractivity contribution in [2.75, 3.05) is 0 Å². The molecule has 0 amide bonds. The van der Waals surface area contributed by atoms with Crippen molar-refractivity contribution in [3.63, 3.8) is 0 Å². The first kappa shape index (κ1) is 39.6. The number of allylic oxidation sites excluding steroid dienone is 1. The summed E-state index contributed by atoms with van der Waals surface area (Å²) in [6.07, 6.45) is -43.0. The van der Waals surface area contributed by atoms with E-state index in [2.05, 4.69) is 23.2 Å². The minimum Gasteiger partial charge on any atom is -0.234 e. The van der Waals surface area contributed by atoms with Gasteiger partial charge in [-0.25, -0.2) is 39.5 Å². The molecule has 0 aliphatic heterocycles. The maximum absolute atomic E-state index is 14.7. The van der Waals surface area contributed by atoms with E-state index in [1.165, 1.54) is 0 Å². The predicted octanol–water partition coefficient (Wildman–Crippen LogP) is 9.60. The zero-order chi connectivity index (χ0) is 34.0. The second kappa shape index (κ2) is 11.0. The van der Waals surface area contributed by atoms with Gasteiger partial charge in [-0.15, -0.1) is 0 Å². The molecule has 0 bridgehead atoms. The fourth-order valence-electron chi connectivity index (χ4n) is 2.82. The Morgan fingerprint density at radius 2 is 0.829 bits per heavy atom. The van der Waals surface area contributed by atoms with Gasteiger partial charge in [-0.05, 0) is 11.6 Å². The lowest BCUT2D eigenvalue weighted by Gasteiger charge is -2.49. The van der Waals surface area contributed by atoms with E-state index in [-0.39, 0.29) is 0 Å². The maximum atomic E-state index is 14.7. The first-order valence-electron chi connectivity index (χ1n) is 8.82. The van der Waals surface area contributed by atoms with E-state index in [9.17, 15) is 105 Å². The van der Waals surface area contributed by atoms with E-state index in [0.29, 0.717) is 0 Å². The van der Waals surface area contributed by atoms with Gasteiger partial charge in [-0.2, -0.15) is 65.9 Å². The zero-order valence-corrected chi connectivity index (χ0v) is 19.1. The minimum absolute atomic E-state index is 3.72. The largest absolute Gasteiger partial charge is 0.434 e. The summed E-state index contributed by atoms with van der Waals surface area (Å²) in [7, 11) is 0. The van der Waals surface area contributed by atoms with Gasteiger partial charge in [0.1, 0.15) is 5.03 Å². The molecule has 0 spiro atoms. The van der Waals surface area contributed by atoms with E-state index in [1.807, 2.05) is 0 Å². The molecule has 0 saturated carbocycles. The van der Waals surface area contributed by atoms with E-state index >= 15 is 0 Å². The van der Waals surface area contributed by atoms with Gasteiger partial charge in [0.2, 0.25) is 11.5 Å². The molecule has 0 nitrogen and oxygen atoms in total. The molecule has 26 heteroatoms. The number of hydrogen-bond acceptors (Lipinski definition) is 0. The lowest BCUT2D eigenvalue weighted by molar-refractivity contribution is -0.414. The number of hydrogen-bond donors (Lipinski definition) is 0. The molecule has 0 N–H and O–H groups in total. The summed E-state index contributed by atoms with van der Waals surface area (Å²) >= 11 is 8.03. The Morgan fingerprint density at radius 3 is 1.07 bits per heavy atom. The molecule has 0 saturated heterocycles. The van der Waals surface area contributed by atoms with Crippen molar-refractivity contribution in [1.29, 1.82) is 0 Å². The Kier molecular flexibility index (Phi) is 10.6. The van der Waals surface area contributed by atoms with Crippen LogP contribution in [-0.2, 0) is 0 Å². The summed E-state index contributed by atoms with van der Waals surface area (Å²) in [6.45, 7) is 0. The Hall–Kier alpha value is -1.36. The third-order valence-corrected chi connectivity index (χ3v) is 5.74. The van der Waals surface area contributed by atoms with Crippen molar-refractivity contribution in [3.05, 3.63) is 10.3 Å². The molecule has 0 aliphatic rings. The molecule has 41 heavy (non-hydrogen) atoms. The number of alkyl halides is 23. The predicted molar refractivity (Wildman–Crippen MR) is 85.1 cm³/mol. The molecule has 5 atom stereocenters. The highest BCUT2D eigenvalue weighted by Crippen LogP contribution is 2.67. The van der Waals surface area contributed by atoms with Gasteiger partial charge in [0, 0.05) is 0 Å². The molecule has 0 aromatic rings. The summed E-state index contributed by atoms with van der Waals surface area (Å²) in [5.41, 5.74) is -25.8. The van der Waals surface area contributed by atoms with Crippen molar-refractivity contribution < 1.29 is 105 Å². The first-order chi connectivity index (χ1) is 17.6. The normalized spacial score (nSPS) is 21.7. The molecule has 0 aromatic carbocycles. The third-order valence-electron chi connectivity index (χ3n) is 5.03. The Labute approximate surface area is 218 Å². The number of rotatable bonds is 11. The van der Waals surface area contributed by atoms with E-state index in [1.54, 1.807) is 0 Å². The molecule has 0 fully saturated rings. The van der Waals surface area contributed by atoms with Crippen LogP contribution in [0.2, 0.25) is 0 Å². The van der Waals surface area contributed by atoms with Crippen LogP contribution in [0.4, 0.5) is 105 Å². The first-order valence-corrected chi connectivity index (χ1v) is 9.58. The van der Waals surface area contributed by atoms with E-state index < -0.39 is 88.6 Å². The van der Waals surface area contributed by atoms with Gasteiger partial charge in [-0.3, -0.25) is 0 Å². The van der Waals surface area contributed by atoms with Crippen molar-refractivity contribution >= 4 is 23.2 Å². The Morgan fingerprint density at radius 1 is 0.488 bits per heavy atom. The van der Waals surface area contributed by atoms with Crippen molar-refractivity contribution in [2.45, 2.75) is 78.2 Å². The molecule has 0 radical (unpaired) electrons. The fourth-order valence-corrected chi connectivity index (χ4v) is 3.18. The SMILES string of the molecule is FC(Cl)=C(Cl)C(F)(C(F)(F)F)C(F)(F)C(F)(C(F)F)C(F)(F)C(F)(C(F)F)C(F)(F)C(F)C(F)(F)C(F)C(F)(F)F. The minimum atomic E-state index is -9.26. The van der Waals surface area contributed by atoms with E-state index in [0.717, 1.165) is 0 Å². The highest BCUT2D eigenvalue weighted by Gasteiger charge is 2.96. The van der Waals surface area contributed by atoms with Crippen LogP contribution in [0.15, 0.2) is 10.3 Å². The molecular formula is C15H4Cl2F24. The fraction of sp³-hybridized carbons (Fsp3) is 0.867. The van der Waals surface area contributed by atoms with Crippen LogP contribution < -0.4 is 0 Å². The standard InChI is InChI=1S/C15H4Cl2F24/c16-1(2(17)18)8(27,15(39,40)41)13(35,36)10(29,6(23)24)14(37,38)9(28,5(21)22)11(30,31)3(19)7(25,26)4(20)12(32,33)34/h3-6H.